The van der Waals surface area contributed by atoms with Crippen LogP contribution in [0.5, 0.6) is 0 Å². The number of amides is 3. The molecule has 1 N–H and O–H groups in total. The number of esters is 1. The number of ether oxygens (including phenoxy) is 1. The number of nitrogens with one attached hydrogen (secondary N) is 1. The summed E-state index contributed by atoms with van der Waals surface area (Å²) in [5.41, 5.74) is 0.305. The molecule has 2 fully saturated rings. The molecule has 0 aromatic carbocycles. The minimum absolute atomic E-state index is 0.239. The lowest BCUT2D eigenvalue weighted by Crippen LogP contribution is -2.38. The van der Waals surface area contributed by atoms with E-state index in [0.29, 0.717) is 23.4 Å². The molecule has 0 spiro atoms. The average Bonchev–Trinajstić information content (AvgIpc) is 3.17. The van der Waals surface area contributed by atoms with Crippen molar-refractivity contribution in [3.63, 3.8) is 0 Å². The highest BCUT2D eigenvalue weighted by Crippen LogP contribution is 2.38. The number of thiophene rings is 1. The Hall–Kier alpha value is -2.22. The van der Waals surface area contributed by atoms with E-state index in [1.165, 1.54) is 11.3 Å². The lowest BCUT2D eigenvalue weighted by molar-refractivity contribution is -0.142. The van der Waals surface area contributed by atoms with Crippen molar-refractivity contribution >= 4 is 40.0 Å². The van der Waals surface area contributed by atoms with E-state index in [-0.39, 0.29) is 36.8 Å². The number of imide groups is 1. The zero-order valence-corrected chi connectivity index (χ0v) is 16.4. The second-order valence-electron chi connectivity index (χ2n) is 6.84. The van der Waals surface area contributed by atoms with Gasteiger partial charge >= 0.3 is 5.97 Å². The molecule has 0 bridgehead atoms. The van der Waals surface area contributed by atoms with Gasteiger partial charge in [-0.05, 0) is 32.3 Å². The normalized spacial score (nSPS) is 21.9. The minimum atomic E-state index is -0.497. The highest BCUT2D eigenvalue weighted by atomic mass is 32.1. The number of likely N-dealkylation sites (tertiary alicyclic amines) is 1. The Kier molecular flexibility index (Phi) is 5.94. The standard InChI is InChI=1S/C19H24N2O5S/c1-3-11-9-14(19(25)26-4-2)16(27-11)20-15(22)10-21-17(23)12-7-5-6-8-13(12)18(21)24/h9,12-13H,3-8,10H2,1-2H3,(H,20,22)/t12-,13+. The van der Waals surface area contributed by atoms with Crippen molar-refractivity contribution in [1.29, 1.82) is 0 Å². The van der Waals surface area contributed by atoms with Crippen LogP contribution in [-0.2, 0) is 25.5 Å². The van der Waals surface area contributed by atoms with Gasteiger partial charge in [0.1, 0.15) is 11.5 Å². The number of anilines is 1. The average molecular weight is 392 g/mol. The molecule has 27 heavy (non-hydrogen) atoms. The molecule has 0 unspecified atom stereocenters. The Morgan fingerprint density at radius 3 is 2.37 bits per heavy atom. The lowest BCUT2D eigenvalue weighted by atomic mass is 9.81. The second-order valence-corrected chi connectivity index (χ2v) is 7.97. The fourth-order valence-electron chi connectivity index (χ4n) is 3.77. The molecule has 1 aromatic rings. The van der Waals surface area contributed by atoms with Gasteiger partial charge in [0.05, 0.1) is 24.0 Å². The van der Waals surface area contributed by atoms with Gasteiger partial charge in [0, 0.05) is 4.88 Å². The summed E-state index contributed by atoms with van der Waals surface area (Å²) in [6.45, 7) is 3.60. The number of nitrogens with zero attached hydrogens (tertiary/aromatic N) is 1. The number of carbonyl (C=O) groups excluding carboxylic acids is 4. The Labute approximate surface area is 162 Å². The van der Waals surface area contributed by atoms with Crippen LogP contribution in [0.3, 0.4) is 0 Å². The Balaban J connectivity index is 1.71. The number of fused-ring (bicyclic) bond motifs is 1. The molecular formula is C19H24N2O5S. The molecular weight excluding hydrogens is 368 g/mol. The number of hydrogen-bond donors (Lipinski definition) is 1. The number of aryl methyl sites for hydroxylation is 1. The summed E-state index contributed by atoms with van der Waals surface area (Å²) in [4.78, 5) is 51.6. The van der Waals surface area contributed by atoms with Gasteiger partial charge in [0.25, 0.3) is 0 Å². The van der Waals surface area contributed by atoms with Crippen molar-refractivity contribution in [1.82, 2.24) is 4.90 Å². The number of hydrogen-bond acceptors (Lipinski definition) is 6. The van der Waals surface area contributed by atoms with Crippen molar-refractivity contribution in [2.24, 2.45) is 11.8 Å². The zero-order valence-electron chi connectivity index (χ0n) is 15.6. The highest BCUT2D eigenvalue weighted by Gasteiger charge is 2.48. The van der Waals surface area contributed by atoms with Gasteiger partial charge < -0.3 is 10.1 Å². The van der Waals surface area contributed by atoms with Crippen LogP contribution in [0.1, 0.15) is 54.8 Å². The van der Waals surface area contributed by atoms with Gasteiger partial charge in [-0.3, -0.25) is 19.3 Å². The summed E-state index contributed by atoms with van der Waals surface area (Å²) in [5, 5.41) is 3.08. The molecule has 8 heteroatoms. The molecule has 2 atom stereocenters. The summed E-state index contributed by atoms with van der Waals surface area (Å²) in [6, 6.07) is 1.71. The van der Waals surface area contributed by atoms with E-state index in [2.05, 4.69) is 5.32 Å². The minimum Gasteiger partial charge on any atom is -0.462 e. The first kappa shape index (κ1) is 19.5. The van der Waals surface area contributed by atoms with Crippen LogP contribution >= 0.6 is 11.3 Å². The van der Waals surface area contributed by atoms with Gasteiger partial charge in [0.15, 0.2) is 0 Å². The van der Waals surface area contributed by atoms with E-state index >= 15 is 0 Å². The molecule has 7 nitrogen and oxygen atoms in total. The quantitative estimate of drug-likeness (QED) is 0.593. The predicted molar refractivity (Wildman–Crippen MR) is 100 cm³/mol. The van der Waals surface area contributed by atoms with Crippen LogP contribution in [0.25, 0.3) is 0 Å². The van der Waals surface area contributed by atoms with E-state index in [9.17, 15) is 19.2 Å². The van der Waals surface area contributed by atoms with Gasteiger partial charge in [-0.1, -0.05) is 19.8 Å². The third-order valence-electron chi connectivity index (χ3n) is 5.11. The maximum Gasteiger partial charge on any atom is 0.341 e. The van der Waals surface area contributed by atoms with Crippen LogP contribution in [0.2, 0.25) is 0 Å². The molecule has 1 aliphatic carbocycles. The number of carbonyl (C=O) groups is 4. The third kappa shape index (κ3) is 3.90. The first-order valence-electron chi connectivity index (χ1n) is 9.41. The van der Waals surface area contributed by atoms with Gasteiger partial charge in [-0.2, -0.15) is 0 Å². The maximum atomic E-state index is 12.5. The van der Waals surface area contributed by atoms with Gasteiger partial charge in [-0.25, -0.2) is 4.79 Å². The summed E-state index contributed by atoms with van der Waals surface area (Å²) >= 11 is 1.30. The molecule has 1 saturated heterocycles. The van der Waals surface area contributed by atoms with Crippen LogP contribution in [0.4, 0.5) is 5.00 Å². The Bertz CT molecular complexity index is 748. The van der Waals surface area contributed by atoms with Crippen LogP contribution in [0, 0.1) is 11.8 Å². The Morgan fingerprint density at radius 1 is 1.19 bits per heavy atom. The van der Waals surface area contributed by atoms with E-state index < -0.39 is 11.9 Å². The molecule has 146 valence electrons. The first-order chi connectivity index (χ1) is 13.0. The van der Waals surface area contributed by atoms with Crippen LogP contribution < -0.4 is 5.32 Å². The second kappa shape index (κ2) is 8.21. The first-order valence-corrected chi connectivity index (χ1v) is 10.2. The Morgan fingerprint density at radius 2 is 1.81 bits per heavy atom. The van der Waals surface area contributed by atoms with Crippen molar-refractivity contribution < 1.29 is 23.9 Å². The van der Waals surface area contributed by atoms with E-state index in [0.717, 1.165) is 29.0 Å². The maximum absolute atomic E-state index is 12.5. The van der Waals surface area contributed by atoms with Gasteiger partial charge in [0.2, 0.25) is 17.7 Å². The predicted octanol–water partition coefficient (Wildman–Crippen LogP) is 2.60. The molecule has 0 radical (unpaired) electrons. The summed E-state index contributed by atoms with van der Waals surface area (Å²) in [6.07, 6.45) is 4.03. The lowest BCUT2D eigenvalue weighted by Gasteiger charge is -2.19. The topological polar surface area (TPSA) is 92.8 Å². The third-order valence-corrected chi connectivity index (χ3v) is 6.31. The SMILES string of the molecule is CCOC(=O)c1cc(CC)sc1NC(=O)CN1C(=O)[C@H]2CCCC[C@H]2C1=O. The van der Waals surface area contributed by atoms with Crippen molar-refractivity contribution in [3.8, 4) is 0 Å². The largest absolute Gasteiger partial charge is 0.462 e. The summed E-state index contributed by atoms with van der Waals surface area (Å²) in [5.74, 6) is -2.02. The van der Waals surface area contributed by atoms with Gasteiger partial charge in [-0.15, -0.1) is 11.3 Å². The molecule has 2 aliphatic rings. The molecule has 1 aliphatic heterocycles. The van der Waals surface area contributed by atoms with Crippen molar-refractivity contribution in [2.75, 3.05) is 18.5 Å². The van der Waals surface area contributed by atoms with E-state index in [4.69, 9.17) is 4.74 Å². The smallest absolute Gasteiger partial charge is 0.341 e. The van der Waals surface area contributed by atoms with Crippen LogP contribution in [-0.4, -0.2) is 41.7 Å². The zero-order chi connectivity index (χ0) is 19.6. The molecule has 3 rings (SSSR count). The molecule has 1 saturated carbocycles. The van der Waals surface area contributed by atoms with E-state index in [1.807, 2.05) is 6.92 Å². The fourth-order valence-corrected chi connectivity index (χ4v) is 4.77. The fraction of sp³-hybridized carbons (Fsp3) is 0.579. The summed E-state index contributed by atoms with van der Waals surface area (Å²) < 4.78 is 5.04. The highest BCUT2D eigenvalue weighted by molar-refractivity contribution is 7.16. The number of rotatable bonds is 6. The van der Waals surface area contributed by atoms with Crippen molar-refractivity contribution in [3.05, 3.63) is 16.5 Å². The van der Waals surface area contributed by atoms with Crippen LogP contribution in [0.15, 0.2) is 6.07 Å². The van der Waals surface area contributed by atoms with E-state index in [1.54, 1.807) is 13.0 Å². The molecule has 1 aromatic heterocycles. The van der Waals surface area contributed by atoms with Crippen molar-refractivity contribution in [2.45, 2.75) is 46.0 Å². The summed E-state index contributed by atoms with van der Waals surface area (Å²) in [7, 11) is 0. The molecule has 2 heterocycles. The monoisotopic (exact) mass is 392 g/mol. The molecule has 3 amide bonds.